The summed E-state index contributed by atoms with van der Waals surface area (Å²) in [5, 5.41) is 16.9. The fourth-order valence-electron chi connectivity index (χ4n) is 4.71. The number of sulfonamides is 1. The van der Waals surface area contributed by atoms with Crippen molar-refractivity contribution in [3.63, 3.8) is 0 Å². The number of carbonyl (C=O) groups is 2. The number of aliphatic hydroxyl groups is 1. The van der Waals surface area contributed by atoms with Crippen molar-refractivity contribution in [2.45, 2.75) is 37.6 Å². The number of amides is 1. The lowest BCUT2D eigenvalue weighted by Crippen LogP contribution is -2.55. The number of Topliss-reactive ketones (excluding diaryl/α,β-unsaturated/α-hetero) is 1. The second kappa shape index (κ2) is 9.17. The van der Waals surface area contributed by atoms with Gasteiger partial charge < -0.3 is 15.7 Å². The predicted molar refractivity (Wildman–Crippen MR) is 143 cm³/mol. The molecule has 0 bridgehead atoms. The highest BCUT2D eigenvalue weighted by Crippen LogP contribution is 2.57. The van der Waals surface area contributed by atoms with Crippen LogP contribution in [-0.2, 0) is 25.2 Å². The molecule has 1 unspecified atom stereocenters. The van der Waals surface area contributed by atoms with Crippen LogP contribution in [0.5, 0.6) is 0 Å². The highest BCUT2D eigenvalue weighted by atomic mass is 32.3. The van der Waals surface area contributed by atoms with E-state index in [0.717, 1.165) is 6.26 Å². The minimum atomic E-state index is -3.92. The van der Waals surface area contributed by atoms with Gasteiger partial charge in [0.25, 0.3) is 0 Å². The minimum Gasteiger partial charge on any atom is -0.506 e. The number of ketones is 1. The quantitative estimate of drug-likeness (QED) is 0.315. The van der Waals surface area contributed by atoms with Crippen LogP contribution >= 0.6 is 10.8 Å². The summed E-state index contributed by atoms with van der Waals surface area (Å²) in [6.07, 6.45) is 1.17. The van der Waals surface area contributed by atoms with Crippen molar-refractivity contribution in [2.24, 2.45) is 10.3 Å². The summed E-state index contributed by atoms with van der Waals surface area (Å²) in [5.41, 5.74) is -0.874. The van der Waals surface area contributed by atoms with Crippen LogP contribution < -0.4 is 15.4 Å². The molecule has 1 heterocycles. The van der Waals surface area contributed by atoms with Gasteiger partial charge >= 0.3 is 0 Å². The van der Waals surface area contributed by atoms with Gasteiger partial charge in [-0.15, -0.1) is 4.40 Å². The Bertz CT molecular complexity index is 1480. The summed E-state index contributed by atoms with van der Waals surface area (Å²) in [5.74, 6) is -1.87. The Hall–Kier alpha value is -3.39. The SMILES string of the molecule is CC(=O)NC1(CC(C)C)C(=O)C(C2=NS(O)(O)c3cc(NS(C)(=O)=O)ccc3N2)=C(O)c2ccccc21. The zero-order valence-corrected chi connectivity index (χ0v) is 22.2. The Morgan fingerprint density at radius 1 is 1.19 bits per heavy atom. The molecule has 37 heavy (non-hydrogen) atoms. The topological polar surface area (TPSA) is 177 Å². The summed E-state index contributed by atoms with van der Waals surface area (Å²) in [7, 11) is -7.55. The molecular weight excluding hydrogens is 520 g/mol. The Labute approximate surface area is 216 Å². The average molecular weight is 549 g/mol. The van der Waals surface area contributed by atoms with Crippen LogP contribution in [0.4, 0.5) is 11.4 Å². The molecule has 2 aromatic carbocycles. The van der Waals surface area contributed by atoms with Crippen molar-refractivity contribution in [1.82, 2.24) is 5.32 Å². The highest BCUT2D eigenvalue weighted by molar-refractivity contribution is 8.23. The molecular formula is C24H28N4O7S2. The van der Waals surface area contributed by atoms with Crippen LogP contribution in [0.25, 0.3) is 5.76 Å². The Morgan fingerprint density at radius 3 is 2.49 bits per heavy atom. The molecule has 4 rings (SSSR count). The zero-order valence-electron chi connectivity index (χ0n) is 20.6. The summed E-state index contributed by atoms with van der Waals surface area (Å²) in [6.45, 7) is 5.08. The fourth-order valence-corrected chi connectivity index (χ4v) is 6.46. The standard InChI is InChI=1S/C24H28N4O7S2/c1-13(2)12-24(26-14(3)29)17-8-6-5-7-16(17)21(30)20(22(24)31)23-25-18-10-9-15(27-36(4,32)33)11-19(18)37(34,35)28-23/h5-11,13,27,30,34-35H,12H2,1-4H3,(H,25,28)(H,26,29). The van der Waals surface area contributed by atoms with E-state index in [1.54, 1.807) is 24.3 Å². The molecule has 0 aromatic heterocycles. The van der Waals surface area contributed by atoms with E-state index in [2.05, 4.69) is 19.8 Å². The van der Waals surface area contributed by atoms with Crippen molar-refractivity contribution < 1.29 is 32.2 Å². The van der Waals surface area contributed by atoms with E-state index >= 15 is 0 Å². The van der Waals surface area contributed by atoms with E-state index in [4.69, 9.17) is 0 Å². The van der Waals surface area contributed by atoms with Crippen LogP contribution in [0.2, 0.25) is 0 Å². The third-order valence-corrected chi connectivity index (χ3v) is 7.86. The Balaban J connectivity index is 1.89. The molecule has 0 fully saturated rings. The van der Waals surface area contributed by atoms with E-state index in [0.29, 0.717) is 11.1 Å². The number of fused-ring (bicyclic) bond motifs is 2. The maximum absolute atomic E-state index is 14.1. The minimum absolute atomic E-state index is 0.0477. The van der Waals surface area contributed by atoms with Gasteiger partial charge in [0, 0.05) is 12.5 Å². The van der Waals surface area contributed by atoms with Crippen LogP contribution in [0.15, 0.2) is 57.3 Å². The molecule has 1 aliphatic heterocycles. The van der Waals surface area contributed by atoms with Crippen LogP contribution in [-0.4, -0.2) is 46.4 Å². The van der Waals surface area contributed by atoms with Crippen molar-refractivity contribution in [2.75, 3.05) is 16.3 Å². The van der Waals surface area contributed by atoms with E-state index in [1.807, 2.05) is 13.8 Å². The van der Waals surface area contributed by atoms with Gasteiger partial charge in [-0.25, -0.2) is 8.42 Å². The van der Waals surface area contributed by atoms with Crippen molar-refractivity contribution in [3.05, 3.63) is 59.2 Å². The summed E-state index contributed by atoms with van der Waals surface area (Å²) in [6, 6.07) is 10.7. The Kier molecular flexibility index (Phi) is 6.61. The third kappa shape index (κ3) is 4.94. The number of benzene rings is 2. The zero-order chi connectivity index (χ0) is 27.3. The van der Waals surface area contributed by atoms with Crippen molar-refractivity contribution in [3.8, 4) is 0 Å². The molecule has 6 N–H and O–H groups in total. The molecule has 0 radical (unpaired) electrons. The summed E-state index contributed by atoms with van der Waals surface area (Å²) in [4.78, 5) is 26.4. The monoisotopic (exact) mass is 548 g/mol. The van der Waals surface area contributed by atoms with Crippen molar-refractivity contribution in [1.29, 1.82) is 0 Å². The van der Waals surface area contributed by atoms with Crippen LogP contribution in [0.1, 0.15) is 38.3 Å². The smallest absolute Gasteiger partial charge is 0.229 e. The maximum atomic E-state index is 14.1. The molecule has 1 aliphatic carbocycles. The first-order chi connectivity index (χ1) is 17.1. The number of anilines is 2. The normalized spacial score (nSPS) is 21.4. The third-order valence-electron chi connectivity index (χ3n) is 5.89. The fraction of sp³-hybridized carbons (Fsp3) is 0.292. The van der Waals surface area contributed by atoms with Gasteiger partial charge in [-0.3, -0.25) is 23.4 Å². The molecule has 0 saturated heterocycles. The molecule has 198 valence electrons. The number of hydrogen-bond donors (Lipinski definition) is 6. The lowest BCUT2D eigenvalue weighted by molar-refractivity contribution is -0.130. The molecule has 11 nitrogen and oxygen atoms in total. The van der Waals surface area contributed by atoms with E-state index in [9.17, 15) is 32.2 Å². The Morgan fingerprint density at radius 2 is 1.86 bits per heavy atom. The number of rotatable bonds is 6. The molecule has 13 heteroatoms. The number of nitrogens with one attached hydrogen (secondary N) is 3. The first-order valence-electron chi connectivity index (χ1n) is 11.3. The highest BCUT2D eigenvalue weighted by Gasteiger charge is 2.50. The number of nitrogens with zero attached hydrogens (tertiary/aromatic N) is 1. The van der Waals surface area contributed by atoms with Gasteiger partial charge in [0.05, 0.1) is 17.6 Å². The predicted octanol–water partition coefficient (Wildman–Crippen LogP) is 3.84. The first kappa shape index (κ1) is 26.7. The second-order valence-corrected chi connectivity index (χ2v) is 12.9. The molecule has 0 spiro atoms. The number of amidine groups is 1. The van der Waals surface area contributed by atoms with E-state index in [1.165, 1.54) is 25.1 Å². The summed E-state index contributed by atoms with van der Waals surface area (Å²) < 4.78 is 51.2. The van der Waals surface area contributed by atoms with Gasteiger partial charge in [0.2, 0.25) is 15.9 Å². The van der Waals surface area contributed by atoms with Crippen LogP contribution in [0, 0.1) is 5.92 Å². The molecule has 0 saturated carbocycles. The number of aliphatic hydroxyl groups excluding tert-OH is 1. The van der Waals surface area contributed by atoms with E-state index in [-0.39, 0.29) is 40.0 Å². The average Bonchev–Trinajstić information content (AvgIpc) is 2.76. The first-order valence-corrected chi connectivity index (χ1v) is 14.7. The molecule has 1 atom stereocenters. The van der Waals surface area contributed by atoms with Crippen LogP contribution in [0.3, 0.4) is 0 Å². The van der Waals surface area contributed by atoms with Gasteiger partial charge in [-0.1, -0.05) is 48.9 Å². The van der Waals surface area contributed by atoms with Gasteiger partial charge in [-0.05, 0) is 36.1 Å². The van der Waals surface area contributed by atoms with E-state index < -0.39 is 43.8 Å². The van der Waals surface area contributed by atoms with Gasteiger partial charge in [-0.2, -0.15) is 0 Å². The van der Waals surface area contributed by atoms with Crippen molar-refractivity contribution >= 4 is 55.5 Å². The van der Waals surface area contributed by atoms with Gasteiger partial charge in [0.15, 0.2) is 11.6 Å². The number of hydrogen-bond acceptors (Lipinski definition) is 9. The lowest BCUT2D eigenvalue weighted by Gasteiger charge is -2.41. The number of carbonyl (C=O) groups excluding carboxylic acids is 2. The molecule has 2 aliphatic rings. The lowest BCUT2D eigenvalue weighted by atomic mass is 9.70. The maximum Gasteiger partial charge on any atom is 0.229 e. The molecule has 1 amide bonds. The molecule has 2 aromatic rings. The second-order valence-electron chi connectivity index (χ2n) is 9.45. The summed E-state index contributed by atoms with van der Waals surface area (Å²) >= 11 is 0. The van der Waals surface area contributed by atoms with Gasteiger partial charge in [0.1, 0.15) is 21.8 Å². The largest absolute Gasteiger partial charge is 0.506 e.